The number of benzene rings is 4. The van der Waals surface area contributed by atoms with Crippen LogP contribution < -0.4 is 18.9 Å². The van der Waals surface area contributed by atoms with Crippen LogP contribution in [-0.2, 0) is 19.1 Å². The van der Waals surface area contributed by atoms with Crippen LogP contribution in [0.5, 0.6) is 23.0 Å². The highest BCUT2D eigenvalue weighted by molar-refractivity contribution is 5.94. The second kappa shape index (κ2) is 22.0. The van der Waals surface area contributed by atoms with Crippen molar-refractivity contribution in [1.82, 2.24) is 0 Å². The first-order valence-corrected chi connectivity index (χ1v) is 18.1. The second-order valence-corrected chi connectivity index (χ2v) is 12.3. The van der Waals surface area contributed by atoms with Crippen LogP contribution in [0.25, 0.3) is 22.3 Å². The maximum absolute atomic E-state index is 12.5. The summed E-state index contributed by atoms with van der Waals surface area (Å²) in [6.07, 6.45) is 7.41. The minimum atomic E-state index is -0.876. The highest BCUT2D eigenvalue weighted by atomic mass is 16.6. The van der Waals surface area contributed by atoms with Crippen molar-refractivity contribution in [1.29, 1.82) is 0 Å². The molecule has 0 aliphatic rings. The molecule has 0 aromatic heterocycles. The SMILES string of the molecule is CCC(C(=O)OCCCCCCOc1ccc(-c2ccc(OC)cc2)cc1)C(=O)OCCCCCCOc1ccc(-c2ccc(OC)cc2)cc1. The Balaban J connectivity index is 0.979. The van der Waals surface area contributed by atoms with Crippen molar-refractivity contribution < 1.29 is 38.0 Å². The topological polar surface area (TPSA) is 89.5 Å². The Bertz CT molecular complexity index is 1450. The van der Waals surface area contributed by atoms with Crippen molar-refractivity contribution in [3.05, 3.63) is 97.1 Å². The molecule has 4 aromatic carbocycles. The lowest BCUT2D eigenvalue weighted by atomic mass is 10.1. The molecule has 0 radical (unpaired) electrons. The summed E-state index contributed by atoms with van der Waals surface area (Å²) in [6, 6.07) is 32.1. The summed E-state index contributed by atoms with van der Waals surface area (Å²) in [6.45, 7) is 3.64. The molecule has 0 atom stereocenters. The van der Waals surface area contributed by atoms with Gasteiger partial charge in [0.05, 0.1) is 40.6 Å². The fourth-order valence-corrected chi connectivity index (χ4v) is 5.53. The predicted octanol–water partition coefficient (Wildman–Crippen LogP) is 9.73. The zero-order valence-electron chi connectivity index (χ0n) is 30.3. The molecular weight excluding hydrogens is 644 g/mol. The van der Waals surface area contributed by atoms with E-state index in [0.717, 1.165) is 96.6 Å². The Kier molecular flexibility index (Phi) is 16.7. The van der Waals surface area contributed by atoms with E-state index in [1.165, 1.54) is 0 Å². The molecule has 0 N–H and O–H groups in total. The molecule has 0 fully saturated rings. The number of carbonyl (C=O) groups excluding carboxylic acids is 2. The van der Waals surface area contributed by atoms with E-state index in [0.29, 0.717) is 32.8 Å². The summed E-state index contributed by atoms with van der Waals surface area (Å²) in [5.41, 5.74) is 4.49. The standard InChI is InChI=1S/C43H52O8/c1-4-41(42(44)50-31-11-7-5-9-29-48-39-25-17-35(18-26-39)33-13-21-37(46-2)22-14-33)43(45)51-32-12-8-6-10-30-49-40-27-19-36(20-28-40)34-15-23-38(47-3)24-16-34/h13-28,41H,4-12,29-32H2,1-3H3. The van der Waals surface area contributed by atoms with Gasteiger partial charge >= 0.3 is 11.9 Å². The summed E-state index contributed by atoms with van der Waals surface area (Å²) >= 11 is 0. The fraction of sp³-hybridized carbons (Fsp3) is 0.395. The average Bonchev–Trinajstić information content (AvgIpc) is 3.17. The molecule has 0 spiro atoms. The first kappa shape index (κ1) is 38.8. The molecule has 0 saturated carbocycles. The molecule has 0 aliphatic carbocycles. The average molecular weight is 697 g/mol. The van der Waals surface area contributed by atoms with Gasteiger partial charge in [0.25, 0.3) is 0 Å². The summed E-state index contributed by atoms with van der Waals surface area (Å²) in [4.78, 5) is 25.0. The van der Waals surface area contributed by atoms with Crippen LogP contribution in [0.2, 0.25) is 0 Å². The van der Waals surface area contributed by atoms with E-state index in [4.69, 9.17) is 28.4 Å². The number of methoxy groups -OCH3 is 2. The van der Waals surface area contributed by atoms with Gasteiger partial charge < -0.3 is 28.4 Å². The quantitative estimate of drug-likeness (QED) is 0.0430. The first-order chi connectivity index (χ1) is 25.0. The van der Waals surface area contributed by atoms with E-state index in [-0.39, 0.29) is 0 Å². The van der Waals surface area contributed by atoms with Gasteiger partial charge in [0, 0.05) is 0 Å². The molecule has 0 amide bonds. The minimum absolute atomic E-state index is 0.297. The van der Waals surface area contributed by atoms with Crippen LogP contribution >= 0.6 is 0 Å². The Hall–Kier alpha value is -4.98. The van der Waals surface area contributed by atoms with Gasteiger partial charge in [0.15, 0.2) is 5.92 Å². The maximum atomic E-state index is 12.5. The van der Waals surface area contributed by atoms with Gasteiger partial charge in [-0.05, 0) is 129 Å². The number of hydrogen-bond donors (Lipinski definition) is 0. The van der Waals surface area contributed by atoms with E-state index in [9.17, 15) is 9.59 Å². The molecule has 0 aliphatic heterocycles. The van der Waals surface area contributed by atoms with Gasteiger partial charge in [-0.3, -0.25) is 9.59 Å². The molecule has 0 heterocycles. The minimum Gasteiger partial charge on any atom is -0.497 e. The molecule has 0 saturated heterocycles. The summed E-state index contributed by atoms with van der Waals surface area (Å²) < 4.78 is 33.0. The van der Waals surface area contributed by atoms with Gasteiger partial charge in [-0.25, -0.2) is 0 Å². The molecule has 51 heavy (non-hydrogen) atoms. The Morgan fingerprint density at radius 2 is 0.725 bits per heavy atom. The van der Waals surface area contributed by atoms with E-state index in [1.807, 2.05) is 72.8 Å². The molecule has 0 bridgehead atoms. The first-order valence-electron chi connectivity index (χ1n) is 18.1. The summed E-state index contributed by atoms with van der Waals surface area (Å²) in [5.74, 6) is 1.48. The van der Waals surface area contributed by atoms with Crippen LogP contribution in [0, 0.1) is 5.92 Å². The van der Waals surface area contributed by atoms with Crippen LogP contribution in [0.1, 0.15) is 64.7 Å². The molecule has 272 valence electrons. The van der Waals surface area contributed by atoms with Gasteiger partial charge in [0.1, 0.15) is 23.0 Å². The molecule has 8 heteroatoms. The van der Waals surface area contributed by atoms with Gasteiger partial charge in [-0.15, -0.1) is 0 Å². The van der Waals surface area contributed by atoms with Gasteiger partial charge in [-0.2, -0.15) is 0 Å². The third kappa shape index (κ3) is 13.3. The van der Waals surface area contributed by atoms with Crippen LogP contribution in [0.4, 0.5) is 0 Å². The zero-order chi connectivity index (χ0) is 36.1. The van der Waals surface area contributed by atoms with Crippen LogP contribution in [0.15, 0.2) is 97.1 Å². The lowest BCUT2D eigenvalue weighted by molar-refractivity contribution is -0.162. The third-order valence-electron chi connectivity index (χ3n) is 8.64. The van der Waals surface area contributed by atoms with Crippen LogP contribution in [0.3, 0.4) is 0 Å². The highest BCUT2D eigenvalue weighted by Crippen LogP contribution is 2.26. The Morgan fingerprint density at radius 3 is 1.02 bits per heavy atom. The second-order valence-electron chi connectivity index (χ2n) is 12.3. The van der Waals surface area contributed by atoms with Crippen molar-refractivity contribution in [2.45, 2.75) is 64.7 Å². The molecule has 4 aromatic rings. The Labute approximate surface area is 303 Å². The van der Waals surface area contributed by atoms with Crippen LogP contribution in [-0.4, -0.2) is 52.6 Å². The molecule has 4 rings (SSSR count). The largest absolute Gasteiger partial charge is 0.497 e. The zero-order valence-corrected chi connectivity index (χ0v) is 30.3. The summed E-state index contributed by atoms with van der Waals surface area (Å²) in [5, 5.41) is 0. The number of carbonyl (C=O) groups is 2. The van der Waals surface area contributed by atoms with Crippen molar-refractivity contribution in [3.63, 3.8) is 0 Å². The summed E-state index contributed by atoms with van der Waals surface area (Å²) in [7, 11) is 3.32. The lowest BCUT2D eigenvalue weighted by Gasteiger charge is -2.14. The van der Waals surface area contributed by atoms with E-state index >= 15 is 0 Å². The van der Waals surface area contributed by atoms with Crippen molar-refractivity contribution in [3.8, 4) is 45.3 Å². The number of ether oxygens (including phenoxy) is 6. The maximum Gasteiger partial charge on any atom is 0.320 e. The molecule has 0 unspecified atom stereocenters. The monoisotopic (exact) mass is 696 g/mol. The van der Waals surface area contributed by atoms with Gasteiger partial charge in [0.2, 0.25) is 0 Å². The van der Waals surface area contributed by atoms with Gasteiger partial charge in [-0.1, -0.05) is 55.5 Å². The smallest absolute Gasteiger partial charge is 0.320 e. The normalized spacial score (nSPS) is 10.8. The van der Waals surface area contributed by atoms with E-state index in [2.05, 4.69) is 24.3 Å². The lowest BCUT2D eigenvalue weighted by Crippen LogP contribution is -2.28. The molecule has 8 nitrogen and oxygen atoms in total. The predicted molar refractivity (Wildman–Crippen MR) is 200 cm³/mol. The van der Waals surface area contributed by atoms with Crippen molar-refractivity contribution >= 4 is 11.9 Å². The van der Waals surface area contributed by atoms with Crippen molar-refractivity contribution in [2.24, 2.45) is 5.92 Å². The van der Waals surface area contributed by atoms with E-state index < -0.39 is 17.9 Å². The number of esters is 2. The fourth-order valence-electron chi connectivity index (χ4n) is 5.53. The molecular formula is C43H52O8. The number of hydrogen-bond acceptors (Lipinski definition) is 8. The number of unbranched alkanes of at least 4 members (excludes halogenated alkanes) is 6. The third-order valence-corrected chi connectivity index (χ3v) is 8.64. The number of rotatable bonds is 23. The van der Waals surface area contributed by atoms with Crippen molar-refractivity contribution in [2.75, 3.05) is 40.6 Å². The van der Waals surface area contributed by atoms with E-state index in [1.54, 1.807) is 21.1 Å². The highest BCUT2D eigenvalue weighted by Gasteiger charge is 2.27. The Morgan fingerprint density at radius 1 is 0.431 bits per heavy atom.